The second-order valence-electron chi connectivity index (χ2n) is 17.6. The number of nitrogens with zero attached hydrogens (tertiary/aromatic N) is 2. The number of amides is 6. The van der Waals surface area contributed by atoms with Crippen LogP contribution in [-0.4, -0.2) is 135 Å². The lowest BCUT2D eigenvalue weighted by Crippen LogP contribution is -2.55. The number of unbranched alkanes of at least 4 members (excludes halogenated alkanes) is 13. The molecular weight excluding hydrogens is 865 g/mol. The number of likely N-dealkylation sites (N-methyl/N-ethyl adjacent to an activating group) is 2. The average Bonchev–Trinajstić information content (AvgIpc) is 3.29. The SMILES string of the molecule is CCCCCCCCCCCCCCCC(=O)N(C)C(CO)C(=O)NC(C)C(=O)NCC(=O)N(C)C1C(=O)NC(CCCCO)C(=O)NC(C(=O)O)Cc2ccc(O)c(c2)-c2cc1ccc2O. The number of carbonyl (C=O) groups is 7. The highest BCUT2D eigenvalue weighted by Gasteiger charge is 2.35. The van der Waals surface area contributed by atoms with E-state index in [-0.39, 0.29) is 72.8 Å². The number of benzene rings is 2. The maximum Gasteiger partial charge on any atom is 0.326 e. The van der Waals surface area contributed by atoms with Gasteiger partial charge in [-0.1, -0.05) is 96.1 Å². The summed E-state index contributed by atoms with van der Waals surface area (Å²) in [4.78, 5) is 95.5. The quantitative estimate of drug-likeness (QED) is 0.0576. The first-order chi connectivity index (χ1) is 32.0. The Hall–Kier alpha value is -5.75. The molecule has 372 valence electrons. The molecule has 2 aromatic rings. The molecular formula is C49H74N6O12. The van der Waals surface area contributed by atoms with E-state index in [1.54, 1.807) is 0 Å². The van der Waals surface area contributed by atoms with Crippen molar-refractivity contribution in [2.75, 3.05) is 33.9 Å². The second kappa shape index (κ2) is 29.1. The Morgan fingerprint density at radius 3 is 1.90 bits per heavy atom. The van der Waals surface area contributed by atoms with Crippen LogP contribution in [0.4, 0.5) is 0 Å². The number of aromatic hydroxyl groups is 2. The van der Waals surface area contributed by atoms with Crippen molar-refractivity contribution >= 4 is 41.4 Å². The lowest BCUT2D eigenvalue weighted by Gasteiger charge is -2.31. The van der Waals surface area contributed by atoms with Crippen LogP contribution in [0.15, 0.2) is 36.4 Å². The van der Waals surface area contributed by atoms with Gasteiger partial charge in [-0.15, -0.1) is 0 Å². The largest absolute Gasteiger partial charge is 0.507 e. The predicted molar refractivity (Wildman–Crippen MR) is 251 cm³/mol. The van der Waals surface area contributed by atoms with Crippen LogP contribution in [0.5, 0.6) is 11.5 Å². The molecule has 0 radical (unpaired) electrons. The molecule has 0 saturated heterocycles. The predicted octanol–water partition coefficient (Wildman–Crippen LogP) is 3.96. The Bertz CT molecular complexity index is 1960. The molecule has 18 nitrogen and oxygen atoms in total. The first kappa shape index (κ1) is 55.6. The van der Waals surface area contributed by atoms with Crippen LogP contribution in [0.2, 0.25) is 0 Å². The highest BCUT2D eigenvalue weighted by atomic mass is 16.4. The van der Waals surface area contributed by atoms with E-state index < -0.39 is 78.9 Å². The highest BCUT2D eigenvalue weighted by Crippen LogP contribution is 2.38. The summed E-state index contributed by atoms with van der Waals surface area (Å²) in [6.45, 7) is 2.01. The van der Waals surface area contributed by atoms with Crippen LogP contribution in [0.3, 0.4) is 0 Å². The fourth-order valence-electron chi connectivity index (χ4n) is 8.09. The van der Waals surface area contributed by atoms with Crippen molar-refractivity contribution in [1.29, 1.82) is 0 Å². The summed E-state index contributed by atoms with van der Waals surface area (Å²) >= 11 is 0. The molecule has 9 N–H and O–H groups in total. The van der Waals surface area contributed by atoms with E-state index in [0.29, 0.717) is 12.0 Å². The Balaban J connectivity index is 1.67. The minimum absolute atomic E-state index is 0.000724. The summed E-state index contributed by atoms with van der Waals surface area (Å²) in [6.07, 6.45) is 15.6. The number of aliphatic hydroxyl groups excluding tert-OH is 2. The third-order valence-corrected chi connectivity index (χ3v) is 12.3. The summed E-state index contributed by atoms with van der Waals surface area (Å²) in [6, 6.07) is 1.44. The minimum Gasteiger partial charge on any atom is -0.507 e. The van der Waals surface area contributed by atoms with E-state index >= 15 is 0 Å². The number of carboxylic acids is 1. The number of hydrogen-bond donors (Lipinski definition) is 9. The lowest BCUT2D eigenvalue weighted by molar-refractivity contribution is -0.143. The molecule has 67 heavy (non-hydrogen) atoms. The molecule has 4 bridgehead atoms. The van der Waals surface area contributed by atoms with Crippen LogP contribution in [-0.2, 0) is 40.0 Å². The van der Waals surface area contributed by atoms with Gasteiger partial charge in [-0.05, 0) is 68.0 Å². The van der Waals surface area contributed by atoms with Crippen LogP contribution >= 0.6 is 0 Å². The van der Waals surface area contributed by atoms with Crippen molar-refractivity contribution in [2.24, 2.45) is 0 Å². The third-order valence-electron chi connectivity index (χ3n) is 12.3. The van der Waals surface area contributed by atoms with Gasteiger partial charge < -0.3 is 56.6 Å². The van der Waals surface area contributed by atoms with Crippen molar-refractivity contribution in [3.05, 3.63) is 47.5 Å². The van der Waals surface area contributed by atoms with Crippen molar-refractivity contribution < 1.29 is 59.1 Å². The van der Waals surface area contributed by atoms with Gasteiger partial charge in [0.25, 0.3) is 0 Å². The van der Waals surface area contributed by atoms with Gasteiger partial charge >= 0.3 is 5.97 Å². The fourth-order valence-corrected chi connectivity index (χ4v) is 8.09. The minimum atomic E-state index is -1.52. The number of rotatable bonds is 27. The van der Waals surface area contributed by atoms with E-state index in [9.17, 15) is 59.1 Å². The number of aliphatic hydroxyl groups is 2. The molecule has 0 fully saturated rings. The molecule has 2 aromatic carbocycles. The molecule has 0 aliphatic carbocycles. The summed E-state index contributed by atoms with van der Waals surface area (Å²) in [7, 11) is 2.69. The summed E-state index contributed by atoms with van der Waals surface area (Å²) < 4.78 is 0. The van der Waals surface area contributed by atoms with Gasteiger partial charge in [-0.2, -0.15) is 0 Å². The van der Waals surface area contributed by atoms with E-state index in [1.165, 1.54) is 115 Å². The smallest absolute Gasteiger partial charge is 0.326 e. The molecule has 0 saturated carbocycles. The fraction of sp³-hybridized carbons (Fsp3) is 0.612. The average molecular weight is 939 g/mol. The van der Waals surface area contributed by atoms with Gasteiger partial charge in [0.2, 0.25) is 35.4 Å². The molecule has 1 aliphatic rings. The number of nitrogens with one attached hydrogen (secondary N) is 4. The second-order valence-corrected chi connectivity index (χ2v) is 17.6. The van der Waals surface area contributed by atoms with E-state index in [2.05, 4.69) is 28.2 Å². The van der Waals surface area contributed by atoms with Gasteiger partial charge in [0.15, 0.2) is 0 Å². The van der Waals surface area contributed by atoms with Crippen molar-refractivity contribution in [3.63, 3.8) is 0 Å². The van der Waals surface area contributed by atoms with Gasteiger partial charge in [0.1, 0.15) is 41.7 Å². The zero-order chi connectivity index (χ0) is 49.5. The lowest BCUT2D eigenvalue weighted by atomic mass is 9.93. The van der Waals surface area contributed by atoms with Crippen molar-refractivity contribution in [1.82, 2.24) is 31.1 Å². The number of phenols is 2. The topological polar surface area (TPSA) is 275 Å². The maximum atomic E-state index is 14.3. The van der Waals surface area contributed by atoms with E-state index in [0.717, 1.165) is 29.1 Å². The van der Waals surface area contributed by atoms with Gasteiger partial charge in [-0.3, -0.25) is 28.8 Å². The number of hydrogen-bond acceptors (Lipinski definition) is 11. The third kappa shape index (κ3) is 17.8. The standard InChI is InChI=1S/C49H74N6O12/c1-5-6-7-8-9-10-11-12-13-14-15-16-17-21-42(60)54(3)39(31-57)47(64)51-32(2)45(62)50-30-43(61)55(4)44-34-23-25-41(59)36(29-34)35-27-33(22-24-40(35)58)28-38(49(66)67)53-46(63)37(52-48(44)65)20-18-19-26-56/h22-25,27,29,32,37-39,44,56-59H,5-21,26,28,30-31H2,1-4H3,(H,50,62)(H,51,64)(H,52,65)(H,53,63)(H,66,67). The molecule has 0 spiro atoms. The number of phenolic OH excluding ortho intramolecular Hbond substituents is 2. The number of carboxylic acid groups (broad SMARTS) is 1. The molecule has 18 heteroatoms. The first-order valence-electron chi connectivity index (χ1n) is 23.8. The van der Waals surface area contributed by atoms with Gasteiger partial charge in [0, 0.05) is 44.7 Å². The van der Waals surface area contributed by atoms with Gasteiger partial charge in [-0.25, -0.2) is 4.79 Å². The summed E-state index contributed by atoms with van der Waals surface area (Å²) in [5.41, 5.74) is 0.655. The van der Waals surface area contributed by atoms with Crippen molar-refractivity contribution in [2.45, 2.75) is 160 Å². The normalized spacial score (nSPS) is 17.0. The molecule has 5 unspecified atom stereocenters. The molecule has 0 aromatic heterocycles. The highest BCUT2D eigenvalue weighted by molar-refractivity contribution is 5.96. The first-order valence-corrected chi connectivity index (χ1v) is 23.8. The molecule has 5 atom stereocenters. The monoisotopic (exact) mass is 939 g/mol. The van der Waals surface area contributed by atoms with Gasteiger partial charge in [0.05, 0.1) is 13.2 Å². The number of aliphatic carboxylic acids is 1. The zero-order valence-electron chi connectivity index (χ0n) is 39.7. The summed E-state index contributed by atoms with van der Waals surface area (Å²) in [5, 5.41) is 61.3. The Morgan fingerprint density at radius 2 is 1.31 bits per heavy atom. The van der Waals surface area contributed by atoms with E-state index in [4.69, 9.17) is 0 Å². The van der Waals surface area contributed by atoms with Crippen LogP contribution in [0.1, 0.15) is 140 Å². The van der Waals surface area contributed by atoms with Crippen LogP contribution < -0.4 is 21.3 Å². The van der Waals surface area contributed by atoms with E-state index in [1.807, 2.05) is 0 Å². The molecule has 6 amide bonds. The Kier molecular flexibility index (Phi) is 24.1. The zero-order valence-corrected chi connectivity index (χ0v) is 39.7. The Labute approximate surface area is 394 Å². The summed E-state index contributed by atoms with van der Waals surface area (Å²) in [5.74, 6) is -6.37. The van der Waals surface area contributed by atoms with Crippen LogP contribution in [0, 0.1) is 0 Å². The number of fused-ring (bicyclic) bond motifs is 5. The molecule has 3 rings (SSSR count). The van der Waals surface area contributed by atoms with Crippen LogP contribution in [0.25, 0.3) is 11.1 Å². The maximum absolute atomic E-state index is 14.3. The number of carbonyl (C=O) groups excluding carboxylic acids is 6. The Morgan fingerprint density at radius 1 is 0.731 bits per heavy atom. The molecule has 1 heterocycles. The van der Waals surface area contributed by atoms with Crippen molar-refractivity contribution in [3.8, 4) is 22.6 Å². The molecule has 1 aliphatic heterocycles.